The van der Waals surface area contributed by atoms with E-state index in [4.69, 9.17) is 14.2 Å². The van der Waals surface area contributed by atoms with Crippen LogP contribution < -0.4 is 10.1 Å². The first-order valence-electron chi connectivity index (χ1n) is 10.1. The summed E-state index contributed by atoms with van der Waals surface area (Å²) < 4.78 is 17.0. The molecular weight excluding hydrogens is 372 g/mol. The van der Waals surface area contributed by atoms with Crippen molar-refractivity contribution < 1.29 is 24.1 Å². The van der Waals surface area contributed by atoms with Crippen LogP contribution in [0, 0.1) is 11.3 Å². The summed E-state index contributed by atoms with van der Waals surface area (Å²) in [5.74, 6) is 1.25. The molecule has 0 aromatic heterocycles. The number of hydrogen-bond acceptors (Lipinski definition) is 7. The van der Waals surface area contributed by atoms with Gasteiger partial charge >= 0.3 is 0 Å². The van der Waals surface area contributed by atoms with E-state index in [0.29, 0.717) is 36.6 Å². The number of aliphatic hydroxyl groups is 1. The normalized spacial score (nSPS) is 20.9. The van der Waals surface area contributed by atoms with Crippen LogP contribution in [0.25, 0.3) is 0 Å². The average molecular weight is 402 g/mol. The van der Waals surface area contributed by atoms with E-state index in [2.05, 4.69) is 18.3 Å². The summed E-state index contributed by atoms with van der Waals surface area (Å²) in [6.45, 7) is 5.05. The highest BCUT2D eigenvalue weighted by molar-refractivity contribution is 5.49. The van der Waals surface area contributed by atoms with Crippen LogP contribution in [0.5, 0.6) is 5.75 Å². The molecule has 1 aromatic carbocycles. The number of nitrogens with one attached hydrogen (secondary N) is 1. The molecule has 1 heterocycles. The lowest BCUT2D eigenvalue weighted by Crippen LogP contribution is -2.46. The predicted molar refractivity (Wildman–Crippen MR) is 108 cm³/mol. The summed E-state index contributed by atoms with van der Waals surface area (Å²) in [5, 5.41) is 23.5. The average Bonchev–Trinajstić information content (AvgIpc) is 2.74. The van der Waals surface area contributed by atoms with Gasteiger partial charge in [0, 0.05) is 12.0 Å². The maximum atomic E-state index is 11.0. The lowest BCUT2D eigenvalue weighted by Gasteiger charge is -2.37. The monoisotopic (exact) mass is 402 g/mol. The smallest absolute Gasteiger partial charge is 0.144 e. The lowest BCUT2D eigenvalue weighted by molar-refractivity contribution is -0.108. The third kappa shape index (κ3) is 6.48. The fourth-order valence-electron chi connectivity index (χ4n) is 3.26. The van der Waals surface area contributed by atoms with Crippen LogP contribution in [0.3, 0.4) is 0 Å². The van der Waals surface area contributed by atoms with Crippen LogP contribution in [0.15, 0.2) is 30.2 Å². The van der Waals surface area contributed by atoms with Crippen molar-refractivity contribution >= 4 is 6.29 Å². The van der Waals surface area contributed by atoms with Crippen molar-refractivity contribution in [2.24, 2.45) is 0 Å². The summed E-state index contributed by atoms with van der Waals surface area (Å²) in [7, 11) is 0. The molecule has 0 radical (unpaired) electrons. The van der Waals surface area contributed by atoms with Crippen molar-refractivity contribution in [3.05, 3.63) is 41.3 Å². The first-order valence-corrected chi connectivity index (χ1v) is 10.1. The summed E-state index contributed by atoms with van der Waals surface area (Å²) in [6, 6.07) is 6.98. The van der Waals surface area contributed by atoms with Crippen molar-refractivity contribution in [3.63, 3.8) is 0 Å². The molecule has 3 atom stereocenters. The van der Waals surface area contributed by atoms with Gasteiger partial charge in [0.1, 0.15) is 36.3 Å². The minimum absolute atomic E-state index is 0.285. The number of fused-ring (bicyclic) bond motifs is 1. The molecule has 3 unspecified atom stereocenters. The number of unbranched alkanes of at least 4 members (excludes halogenated alkanes) is 1. The molecule has 7 nitrogen and oxygen atoms in total. The molecular formula is C22H30N2O5. The Morgan fingerprint density at radius 2 is 2.24 bits per heavy atom. The number of hydrogen-bond donors (Lipinski definition) is 2. The number of nitrogens with zero attached hydrogens (tertiary/aromatic N) is 1. The van der Waals surface area contributed by atoms with E-state index < -0.39 is 12.1 Å². The van der Waals surface area contributed by atoms with Gasteiger partial charge in [0.25, 0.3) is 0 Å². The number of aldehydes is 1. The topological polar surface area (TPSA) is 101 Å². The minimum Gasteiger partial charge on any atom is -0.497 e. The number of carbonyl (C=O) groups excluding carboxylic acids is 1. The number of aliphatic hydroxyl groups excluding tert-OH is 1. The lowest BCUT2D eigenvalue weighted by atomic mass is 9.90. The molecule has 1 aliphatic heterocycles. The van der Waals surface area contributed by atoms with Gasteiger partial charge in [0.2, 0.25) is 0 Å². The molecule has 2 rings (SSSR count). The molecule has 0 saturated heterocycles. The first-order chi connectivity index (χ1) is 14.1. The van der Waals surface area contributed by atoms with Gasteiger partial charge in [0.15, 0.2) is 0 Å². The Morgan fingerprint density at radius 1 is 1.41 bits per heavy atom. The fourth-order valence-corrected chi connectivity index (χ4v) is 3.26. The number of ether oxygens (including phenoxy) is 3. The summed E-state index contributed by atoms with van der Waals surface area (Å²) in [5.41, 5.74) is 1.26. The zero-order chi connectivity index (χ0) is 21.1. The molecule has 1 aromatic rings. The Kier molecular flexibility index (Phi) is 9.48. The SMILES string of the molecule is CCCCC1Oc2ccc(C#N)cc2C(NC/C(=C/OCCC=O)OCC)C1O. The quantitative estimate of drug-likeness (QED) is 0.315. The summed E-state index contributed by atoms with van der Waals surface area (Å²) in [6.07, 6.45) is 4.23. The zero-order valence-electron chi connectivity index (χ0n) is 17.1. The summed E-state index contributed by atoms with van der Waals surface area (Å²) in [4.78, 5) is 10.4. The van der Waals surface area contributed by atoms with Crippen LogP contribution in [-0.2, 0) is 14.3 Å². The molecule has 0 spiro atoms. The Labute approximate surface area is 172 Å². The Balaban J connectivity index is 2.18. The second-order valence-electron chi connectivity index (χ2n) is 6.86. The Bertz CT molecular complexity index is 728. The maximum Gasteiger partial charge on any atom is 0.144 e. The largest absolute Gasteiger partial charge is 0.497 e. The first kappa shape index (κ1) is 22.7. The highest BCUT2D eigenvalue weighted by Crippen LogP contribution is 2.37. The number of rotatable bonds is 12. The van der Waals surface area contributed by atoms with Crippen molar-refractivity contribution in [1.29, 1.82) is 5.26 Å². The molecule has 7 heteroatoms. The molecule has 0 amide bonds. The van der Waals surface area contributed by atoms with Gasteiger partial charge in [-0.1, -0.05) is 13.3 Å². The minimum atomic E-state index is -0.762. The molecule has 0 aliphatic carbocycles. The van der Waals surface area contributed by atoms with Crippen molar-refractivity contribution in [2.45, 2.75) is 57.8 Å². The van der Waals surface area contributed by atoms with Crippen LogP contribution >= 0.6 is 0 Å². The standard InChI is InChI=1S/C22H30N2O5/c1-3-5-7-20-22(26)21(18-12-16(13-23)8-9-19(18)29-20)24-14-17(28-4-2)15-27-11-6-10-25/h8-10,12,15,20-22,24,26H,3-7,11,14H2,1-2H3/b17-15-. The molecule has 0 fully saturated rings. The van der Waals surface area contributed by atoms with E-state index in [0.717, 1.165) is 31.1 Å². The second-order valence-corrected chi connectivity index (χ2v) is 6.86. The Morgan fingerprint density at radius 3 is 2.93 bits per heavy atom. The van der Waals surface area contributed by atoms with Gasteiger partial charge in [0.05, 0.1) is 37.4 Å². The van der Waals surface area contributed by atoms with Gasteiger partial charge in [-0.05, 0) is 38.0 Å². The van der Waals surface area contributed by atoms with Gasteiger partial charge in [-0.25, -0.2) is 0 Å². The van der Waals surface area contributed by atoms with E-state index in [9.17, 15) is 15.2 Å². The second kappa shape index (κ2) is 12.1. The van der Waals surface area contributed by atoms with Gasteiger partial charge in [-0.3, -0.25) is 0 Å². The van der Waals surface area contributed by atoms with Gasteiger partial charge in [-0.15, -0.1) is 0 Å². The van der Waals surface area contributed by atoms with E-state index in [-0.39, 0.29) is 12.7 Å². The van der Waals surface area contributed by atoms with E-state index in [1.807, 2.05) is 6.92 Å². The van der Waals surface area contributed by atoms with Crippen LogP contribution in [0.4, 0.5) is 0 Å². The highest BCUT2D eigenvalue weighted by atomic mass is 16.5. The number of benzene rings is 1. The van der Waals surface area contributed by atoms with Gasteiger partial charge < -0.3 is 29.4 Å². The molecule has 0 saturated carbocycles. The van der Waals surface area contributed by atoms with E-state index >= 15 is 0 Å². The van der Waals surface area contributed by atoms with Crippen molar-refractivity contribution in [2.75, 3.05) is 19.8 Å². The van der Waals surface area contributed by atoms with E-state index in [1.165, 1.54) is 6.26 Å². The van der Waals surface area contributed by atoms with E-state index in [1.54, 1.807) is 18.2 Å². The van der Waals surface area contributed by atoms with Crippen molar-refractivity contribution in [1.82, 2.24) is 5.32 Å². The molecule has 0 bridgehead atoms. The molecule has 158 valence electrons. The van der Waals surface area contributed by atoms with Gasteiger partial charge in [-0.2, -0.15) is 5.26 Å². The van der Waals surface area contributed by atoms with Crippen LogP contribution in [-0.4, -0.2) is 43.4 Å². The molecule has 2 N–H and O–H groups in total. The Hall–Kier alpha value is -2.56. The number of nitriles is 1. The molecule has 1 aliphatic rings. The third-order valence-electron chi connectivity index (χ3n) is 4.71. The summed E-state index contributed by atoms with van der Waals surface area (Å²) >= 11 is 0. The fraction of sp³-hybridized carbons (Fsp3) is 0.545. The predicted octanol–water partition coefficient (Wildman–Crippen LogP) is 2.98. The number of carbonyl (C=O) groups is 1. The van der Waals surface area contributed by atoms with Crippen LogP contribution in [0.1, 0.15) is 56.7 Å². The third-order valence-corrected chi connectivity index (χ3v) is 4.71. The van der Waals surface area contributed by atoms with Crippen molar-refractivity contribution in [3.8, 4) is 11.8 Å². The molecule has 29 heavy (non-hydrogen) atoms. The highest BCUT2D eigenvalue weighted by Gasteiger charge is 2.37. The van der Waals surface area contributed by atoms with Crippen LogP contribution in [0.2, 0.25) is 0 Å². The maximum absolute atomic E-state index is 11.0. The zero-order valence-corrected chi connectivity index (χ0v) is 17.1.